The average molecular weight is 228 g/mol. The Kier molecular flexibility index (Phi) is 3.82. The average Bonchev–Trinajstić information content (AvgIpc) is 2.72. The minimum Gasteiger partial charge on any atom is -0.266 e. The minimum absolute atomic E-state index is 0.0577. The van der Waals surface area contributed by atoms with E-state index in [0.29, 0.717) is 6.54 Å². The molecule has 0 fully saturated rings. The largest absolute Gasteiger partial charge is 0.266 e. The van der Waals surface area contributed by atoms with E-state index >= 15 is 0 Å². The smallest absolute Gasteiger partial charge is 0.259 e. The van der Waals surface area contributed by atoms with Gasteiger partial charge in [-0.05, 0) is 6.07 Å². The first-order chi connectivity index (χ1) is 7.12. The third-order valence-electron chi connectivity index (χ3n) is 1.92. The summed E-state index contributed by atoms with van der Waals surface area (Å²) in [4.78, 5) is 0. The molecule has 0 aromatic carbocycles. The number of H-pyrrole nitrogens is 1. The second kappa shape index (κ2) is 4.91. The van der Waals surface area contributed by atoms with Crippen molar-refractivity contribution in [3.63, 3.8) is 0 Å². The van der Waals surface area contributed by atoms with Gasteiger partial charge in [-0.3, -0.25) is 5.10 Å². The second-order valence-electron chi connectivity index (χ2n) is 2.83. The number of hydrogen-bond donors (Lipinski definition) is 1. The zero-order chi connectivity index (χ0) is 11.3. The molecule has 0 saturated heterocycles. The van der Waals surface area contributed by atoms with Crippen molar-refractivity contribution in [2.24, 2.45) is 0 Å². The van der Waals surface area contributed by atoms with E-state index in [2.05, 4.69) is 10.2 Å². The number of rotatable bonds is 5. The van der Waals surface area contributed by atoms with Crippen LogP contribution in [0.3, 0.4) is 0 Å². The first kappa shape index (κ1) is 11.7. The molecular weight excluding hydrogens is 216 g/mol. The molecule has 0 saturated carbocycles. The highest BCUT2D eigenvalue weighted by atomic mass is 32.2. The molecule has 1 N–H and O–H groups in total. The van der Waals surface area contributed by atoms with Crippen molar-refractivity contribution in [1.82, 2.24) is 14.5 Å². The molecule has 1 aromatic heterocycles. The molecule has 0 aliphatic carbocycles. The molecule has 1 rings (SSSR count). The first-order valence-electron chi connectivity index (χ1n) is 4.49. The normalized spacial score (nSPS) is 11.5. The van der Waals surface area contributed by atoms with Gasteiger partial charge in [-0.25, -0.2) is 8.42 Å². The van der Waals surface area contributed by atoms with Crippen LogP contribution in [0.15, 0.2) is 17.3 Å². The van der Waals surface area contributed by atoms with Crippen molar-refractivity contribution < 1.29 is 8.42 Å². The molecule has 0 aliphatic heterocycles. The van der Waals surface area contributed by atoms with E-state index in [1.165, 1.54) is 16.6 Å². The van der Waals surface area contributed by atoms with Gasteiger partial charge in [0.05, 0.1) is 12.3 Å². The predicted octanol–water partition coefficient (Wildman–Crippen LogP) is 0.334. The van der Waals surface area contributed by atoms with E-state index in [1.807, 2.05) is 6.07 Å². The van der Waals surface area contributed by atoms with Crippen molar-refractivity contribution in [3.05, 3.63) is 12.3 Å². The topological polar surface area (TPSA) is 89.8 Å². The van der Waals surface area contributed by atoms with Crippen molar-refractivity contribution >= 4 is 10.0 Å². The van der Waals surface area contributed by atoms with E-state index in [0.717, 1.165) is 0 Å². The summed E-state index contributed by atoms with van der Waals surface area (Å²) in [6, 6.07) is 3.31. The molecule has 82 valence electrons. The summed E-state index contributed by atoms with van der Waals surface area (Å²) in [5.41, 5.74) is 0. The minimum atomic E-state index is -3.52. The number of aromatic amines is 1. The van der Waals surface area contributed by atoms with Crippen LogP contribution in [-0.4, -0.2) is 36.0 Å². The molecule has 6 nitrogen and oxygen atoms in total. The van der Waals surface area contributed by atoms with Crippen molar-refractivity contribution in [3.8, 4) is 6.07 Å². The van der Waals surface area contributed by atoms with Gasteiger partial charge in [0, 0.05) is 19.5 Å². The van der Waals surface area contributed by atoms with Crippen LogP contribution in [0.1, 0.15) is 13.3 Å². The summed E-state index contributed by atoms with van der Waals surface area (Å²) >= 11 is 0. The summed E-state index contributed by atoms with van der Waals surface area (Å²) < 4.78 is 25.0. The summed E-state index contributed by atoms with van der Waals surface area (Å²) in [7, 11) is -3.52. The predicted molar refractivity (Wildman–Crippen MR) is 53.3 cm³/mol. The Balaban J connectivity index is 2.89. The van der Waals surface area contributed by atoms with Crippen LogP contribution >= 0.6 is 0 Å². The van der Waals surface area contributed by atoms with E-state index in [4.69, 9.17) is 5.26 Å². The van der Waals surface area contributed by atoms with E-state index in [9.17, 15) is 8.42 Å². The lowest BCUT2D eigenvalue weighted by Crippen LogP contribution is -2.32. The highest BCUT2D eigenvalue weighted by Crippen LogP contribution is 2.11. The molecule has 15 heavy (non-hydrogen) atoms. The van der Waals surface area contributed by atoms with Gasteiger partial charge in [-0.1, -0.05) is 6.92 Å². The Labute approximate surface area is 88.6 Å². The molecular formula is C8H12N4O2S. The van der Waals surface area contributed by atoms with Crippen LogP contribution in [0.5, 0.6) is 0 Å². The summed E-state index contributed by atoms with van der Waals surface area (Å²) in [6.45, 7) is 2.27. The van der Waals surface area contributed by atoms with Gasteiger partial charge in [0.2, 0.25) is 0 Å². The Morgan fingerprint density at radius 2 is 2.40 bits per heavy atom. The SMILES string of the molecule is CCN(CCC#N)S(=O)(=O)c1ccn[nH]1. The lowest BCUT2D eigenvalue weighted by molar-refractivity contribution is 0.432. The molecule has 0 bridgehead atoms. The Hall–Kier alpha value is -1.39. The monoisotopic (exact) mass is 228 g/mol. The van der Waals surface area contributed by atoms with E-state index in [1.54, 1.807) is 6.92 Å². The van der Waals surface area contributed by atoms with Gasteiger partial charge < -0.3 is 0 Å². The summed E-state index contributed by atoms with van der Waals surface area (Å²) in [6.07, 6.45) is 1.56. The van der Waals surface area contributed by atoms with Gasteiger partial charge >= 0.3 is 0 Å². The zero-order valence-corrected chi connectivity index (χ0v) is 9.16. The maximum Gasteiger partial charge on any atom is 0.259 e. The highest BCUT2D eigenvalue weighted by molar-refractivity contribution is 7.89. The molecule has 0 amide bonds. The van der Waals surface area contributed by atoms with E-state index in [-0.39, 0.29) is 18.0 Å². The second-order valence-corrected chi connectivity index (χ2v) is 4.73. The zero-order valence-electron chi connectivity index (χ0n) is 8.34. The van der Waals surface area contributed by atoms with Crippen molar-refractivity contribution in [1.29, 1.82) is 5.26 Å². The summed E-state index contributed by atoms with van der Waals surface area (Å²) in [5.74, 6) is 0. The fraction of sp³-hybridized carbons (Fsp3) is 0.500. The van der Waals surface area contributed by atoms with Crippen molar-refractivity contribution in [2.75, 3.05) is 13.1 Å². The van der Waals surface area contributed by atoms with Gasteiger partial charge in [0.15, 0.2) is 5.03 Å². The van der Waals surface area contributed by atoms with Gasteiger partial charge in [-0.15, -0.1) is 0 Å². The molecule has 1 aromatic rings. The standard InChI is InChI=1S/C8H12N4O2S/c1-2-12(7-3-5-9)15(13,14)8-4-6-10-11-8/h4,6H,2-3,7H2,1H3,(H,10,11). The fourth-order valence-corrected chi connectivity index (χ4v) is 2.50. The number of hydrogen-bond acceptors (Lipinski definition) is 4. The Morgan fingerprint density at radius 3 is 2.87 bits per heavy atom. The quantitative estimate of drug-likeness (QED) is 0.786. The van der Waals surface area contributed by atoms with Crippen molar-refractivity contribution in [2.45, 2.75) is 18.4 Å². The summed E-state index contributed by atoms with van der Waals surface area (Å²) in [5, 5.41) is 14.5. The maximum atomic E-state index is 11.9. The van der Waals surface area contributed by atoms with Crippen LogP contribution < -0.4 is 0 Å². The first-order valence-corrected chi connectivity index (χ1v) is 5.93. The lowest BCUT2D eigenvalue weighted by atomic mass is 10.5. The Bertz CT molecular complexity index is 432. The molecule has 0 unspecified atom stereocenters. The number of nitrogens with zero attached hydrogens (tertiary/aromatic N) is 3. The highest BCUT2D eigenvalue weighted by Gasteiger charge is 2.23. The van der Waals surface area contributed by atoms with Crippen LogP contribution in [-0.2, 0) is 10.0 Å². The van der Waals surface area contributed by atoms with Gasteiger partial charge in [-0.2, -0.15) is 14.7 Å². The maximum absolute atomic E-state index is 11.9. The number of nitrogens with one attached hydrogen (secondary N) is 1. The molecule has 0 spiro atoms. The molecule has 1 heterocycles. The third-order valence-corrected chi connectivity index (χ3v) is 3.82. The Morgan fingerprint density at radius 1 is 1.67 bits per heavy atom. The van der Waals surface area contributed by atoms with Crippen LogP contribution in [0.4, 0.5) is 0 Å². The van der Waals surface area contributed by atoms with Gasteiger partial charge in [0.1, 0.15) is 0 Å². The number of nitriles is 1. The molecule has 7 heteroatoms. The van der Waals surface area contributed by atoms with Crippen LogP contribution in [0.25, 0.3) is 0 Å². The molecule has 0 atom stereocenters. The van der Waals surface area contributed by atoms with E-state index < -0.39 is 10.0 Å². The fourth-order valence-electron chi connectivity index (χ4n) is 1.15. The third kappa shape index (κ3) is 2.55. The molecule has 0 radical (unpaired) electrons. The van der Waals surface area contributed by atoms with Gasteiger partial charge in [0.25, 0.3) is 10.0 Å². The number of sulfonamides is 1. The van der Waals surface area contributed by atoms with Crippen LogP contribution in [0, 0.1) is 11.3 Å². The molecule has 0 aliphatic rings. The van der Waals surface area contributed by atoms with Crippen LogP contribution in [0.2, 0.25) is 0 Å². The lowest BCUT2D eigenvalue weighted by Gasteiger charge is -2.17. The number of aromatic nitrogens is 2.